The number of thiophene rings is 1. The summed E-state index contributed by atoms with van der Waals surface area (Å²) < 4.78 is 39.1. The summed E-state index contributed by atoms with van der Waals surface area (Å²) >= 11 is 8.50. The van der Waals surface area contributed by atoms with Crippen molar-refractivity contribution in [1.29, 1.82) is 0 Å². The van der Waals surface area contributed by atoms with E-state index in [2.05, 4.69) is 15.3 Å². The molecule has 0 aliphatic heterocycles. The van der Waals surface area contributed by atoms with Crippen molar-refractivity contribution in [3.05, 3.63) is 46.6 Å². The van der Waals surface area contributed by atoms with Crippen LogP contribution in [-0.2, 0) is 11.0 Å². The number of rotatable bonds is 4. The Bertz CT molecular complexity index is 930. The average molecular weight is 404 g/mol. The third-order valence-corrected chi connectivity index (χ3v) is 5.48. The molecule has 4 nitrogen and oxygen atoms in total. The molecule has 0 spiro atoms. The van der Waals surface area contributed by atoms with Crippen molar-refractivity contribution in [1.82, 2.24) is 9.97 Å². The molecule has 130 valence electrons. The molecule has 0 aliphatic carbocycles. The fraction of sp³-hybridized carbons (Fsp3) is 0.133. The Morgan fingerprint density at radius 3 is 2.84 bits per heavy atom. The SMILES string of the molecule is O=C(CSc1ncnc2ccsc12)Nc1cc(C(F)(F)F)ccc1Cl. The standard InChI is InChI=1S/C15H9ClF3N3OS2/c16-9-2-1-8(15(17,18)19)5-11(9)22-12(23)6-25-14-13-10(3-4-24-13)20-7-21-14/h1-5,7H,6H2,(H,22,23). The summed E-state index contributed by atoms with van der Waals surface area (Å²) in [6, 6.07) is 4.62. The van der Waals surface area contributed by atoms with Gasteiger partial charge in [-0.1, -0.05) is 23.4 Å². The summed E-state index contributed by atoms with van der Waals surface area (Å²) in [4.78, 5) is 20.3. The van der Waals surface area contributed by atoms with Crippen LogP contribution in [0, 0.1) is 0 Å². The number of amides is 1. The quantitative estimate of drug-likeness (QED) is 0.486. The fourth-order valence-electron chi connectivity index (χ4n) is 1.99. The summed E-state index contributed by atoms with van der Waals surface area (Å²) in [6.07, 6.45) is -3.11. The number of halogens is 4. The van der Waals surface area contributed by atoms with Crippen LogP contribution in [0.15, 0.2) is 41.0 Å². The summed E-state index contributed by atoms with van der Waals surface area (Å²) in [5.41, 5.74) is -0.175. The summed E-state index contributed by atoms with van der Waals surface area (Å²) in [7, 11) is 0. The number of anilines is 1. The second kappa shape index (κ2) is 7.19. The van der Waals surface area contributed by atoms with Gasteiger partial charge in [0.25, 0.3) is 0 Å². The molecule has 0 unspecified atom stereocenters. The predicted octanol–water partition coefficient (Wildman–Crippen LogP) is 5.09. The molecule has 0 saturated heterocycles. The minimum atomic E-state index is -4.51. The third kappa shape index (κ3) is 4.23. The third-order valence-electron chi connectivity index (χ3n) is 3.12. The van der Waals surface area contributed by atoms with E-state index in [0.717, 1.165) is 28.4 Å². The maximum atomic E-state index is 12.8. The summed E-state index contributed by atoms with van der Waals surface area (Å²) in [6.45, 7) is 0. The average Bonchev–Trinajstić information content (AvgIpc) is 3.03. The number of thioether (sulfide) groups is 1. The topological polar surface area (TPSA) is 54.9 Å². The number of nitrogens with one attached hydrogen (secondary N) is 1. The molecule has 25 heavy (non-hydrogen) atoms. The number of hydrogen-bond acceptors (Lipinski definition) is 5. The molecule has 10 heteroatoms. The molecule has 0 atom stereocenters. The largest absolute Gasteiger partial charge is 0.416 e. The van der Waals surface area contributed by atoms with Gasteiger partial charge >= 0.3 is 6.18 Å². The van der Waals surface area contributed by atoms with Crippen molar-refractivity contribution in [3.8, 4) is 0 Å². The van der Waals surface area contributed by atoms with Crippen molar-refractivity contribution in [3.63, 3.8) is 0 Å². The van der Waals surface area contributed by atoms with E-state index in [9.17, 15) is 18.0 Å². The molecule has 0 saturated carbocycles. The van der Waals surface area contributed by atoms with Crippen LogP contribution in [0.1, 0.15) is 5.56 Å². The Morgan fingerprint density at radius 2 is 2.08 bits per heavy atom. The second-order valence-corrected chi connectivity index (χ2v) is 7.13. The van der Waals surface area contributed by atoms with Crippen molar-refractivity contribution in [2.45, 2.75) is 11.2 Å². The lowest BCUT2D eigenvalue weighted by molar-refractivity contribution is -0.137. The van der Waals surface area contributed by atoms with Gasteiger partial charge in [0.15, 0.2) is 0 Å². The second-order valence-electron chi connectivity index (χ2n) is 4.84. The maximum absolute atomic E-state index is 12.8. The zero-order chi connectivity index (χ0) is 18.0. The van der Waals surface area contributed by atoms with Gasteiger partial charge in [0, 0.05) is 0 Å². The fourth-order valence-corrected chi connectivity index (χ4v) is 3.90. The number of alkyl halides is 3. The van der Waals surface area contributed by atoms with Gasteiger partial charge in [0.05, 0.1) is 32.2 Å². The van der Waals surface area contributed by atoms with Crippen LogP contribution in [-0.4, -0.2) is 21.6 Å². The predicted molar refractivity (Wildman–Crippen MR) is 93.2 cm³/mol. The van der Waals surface area contributed by atoms with Gasteiger partial charge in [-0.3, -0.25) is 4.79 Å². The van der Waals surface area contributed by atoms with Crippen LogP contribution < -0.4 is 5.32 Å². The first kappa shape index (κ1) is 18.0. The molecular formula is C15H9ClF3N3OS2. The smallest absolute Gasteiger partial charge is 0.324 e. The van der Waals surface area contributed by atoms with Gasteiger partial charge in [-0.25, -0.2) is 9.97 Å². The van der Waals surface area contributed by atoms with Gasteiger partial charge in [0.1, 0.15) is 11.4 Å². The molecule has 0 aliphatic rings. The number of nitrogens with zero attached hydrogens (tertiary/aromatic N) is 2. The van der Waals surface area contributed by atoms with Crippen molar-refractivity contribution >= 4 is 56.5 Å². The molecule has 2 aromatic heterocycles. The Morgan fingerprint density at radius 1 is 1.28 bits per heavy atom. The molecule has 3 rings (SSSR count). The van der Waals surface area contributed by atoms with Gasteiger partial charge < -0.3 is 5.32 Å². The van der Waals surface area contributed by atoms with Crippen LogP contribution in [0.3, 0.4) is 0 Å². The molecule has 3 aromatic rings. The number of fused-ring (bicyclic) bond motifs is 1. The monoisotopic (exact) mass is 403 g/mol. The molecule has 1 amide bonds. The first-order valence-corrected chi connectivity index (χ1v) is 9.06. The van der Waals surface area contributed by atoms with E-state index in [1.54, 1.807) is 0 Å². The summed E-state index contributed by atoms with van der Waals surface area (Å²) in [5, 5.41) is 4.95. The van der Waals surface area contributed by atoms with Crippen LogP contribution in [0.4, 0.5) is 18.9 Å². The number of benzene rings is 1. The lowest BCUT2D eigenvalue weighted by Crippen LogP contribution is -2.15. The van der Waals surface area contributed by atoms with Crippen molar-refractivity contribution < 1.29 is 18.0 Å². The van der Waals surface area contributed by atoms with Crippen LogP contribution >= 0.6 is 34.7 Å². The normalized spacial score (nSPS) is 11.7. The highest BCUT2D eigenvalue weighted by molar-refractivity contribution is 8.00. The minimum absolute atomic E-state index is 0.0173. The van der Waals surface area contributed by atoms with Gasteiger partial charge in [-0.2, -0.15) is 13.2 Å². The molecule has 0 fully saturated rings. The van der Waals surface area contributed by atoms with E-state index in [-0.39, 0.29) is 16.5 Å². The zero-order valence-electron chi connectivity index (χ0n) is 12.3. The van der Waals surface area contributed by atoms with E-state index in [4.69, 9.17) is 11.6 Å². The number of carbonyl (C=O) groups excluding carboxylic acids is 1. The summed E-state index contributed by atoms with van der Waals surface area (Å²) in [5.74, 6) is -0.495. The zero-order valence-corrected chi connectivity index (χ0v) is 14.7. The van der Waals surface area contributed by atoms with Gasteiger partial charge in [-0.15, -0.1) is 11.3 Å². The van der Waals surface area contributed by atoms with E-state index in [1.165, 1.54) is 29.4 Å². The number of aromatic nitrogens is 2. The van der Waals surface area contributed by atoms with Gasteiger partial charge in [-0.05, 0) is 29.6 Å². The van der Waals surface area contributed by atoms with E-state index >= 15 is 0 Å². The van der Waals surface area contributed by atoms with Crippen molar-refractivity contribution in [2.75, 3.05) is 11.1 Å². The van der Waals surface area contributed by atoms with E-state index < -0.39 is 17.6 Å². The first-order valence-electron chi connectivity index (χ1n) is 6.82. The highest BCUT2D eigenvalue weighted by Crippen LogP contribution is 2.34. The molecule has 0 bridgehead atoms. The highest BCUT2D eigenvalue weighted by Gasteiger charge is 2.31. The van der Waals surface area contributed by atoms with Crippen LogP contribution in [0.2, 0.25) is 5.02 Å². The molecular weight excluding hydrogens is 395 g/mol. The maximum Gasteiger partial charge on any atom is 0.416 e. The van der Waals surface area contributed by atoms with Crippen LogP contribution in [0.5, 0.6) is 0 Å². The first-order chi connectivity index (χ1) is 11.8. The minimum Gasteiger partial charge on any atom is -0.324 e. The van der Waals surface area contributed by atoms with E-state index in [1.807, 2.05) is 11.4 Å². The van der Waals surface area contributed by atoms with Gasteiger partial charge in [0.2, 0.25) is 5.91 Å². The Hall–Kier alpha value is -1.84. The molecule has 0 radical (unpaired) electrons. The number of carbonyl (C=O) groups is 1. The molecule has 1 N–H and O–H groups in total. The Balaban J connectivity index is 1.70. The lowest BCUT2D eigenvalue weighted by atomic mass is 10.2. The Kier molecular flexibility index (Phi) is 5.16. The Labute approximate surface area is 153 Å². The lowest BCUT2D eigenvalue weighted by Gasteiger charge is -2.11. The van der Waals surface area contributed by atoms with Crippen LogP contribution in [0.25, 0.3) is 10.2 Å². The van der Waals surface area contributed by atoms with E-state index in [0.29, 0.717) is 5.03 Å². The molecule has 2 heterocycles. The molecule has 1 aromatic carbocycles. The van der Waals surface area contributed by atoms with Crippen molar-refractivity contribution in [2.24, 2.45) is 0 Å². The highest BCUT2D eigenvalue weighted by atomic mass is 35.5. The number of hydrogen-bond donors (Lipinski definition) is 1.